The number of carbonyl (C=O) groups is 2. The molecule has 0 unspecified atom stereocenters. The fourth-order valence-electron chi connectivity index (χ4n) is 4.49. The predicted octanol–water partition coefficient (Wildman–Crippen LogP) is 2.89. The van der Waals surface area contributed by atoms with E-state index in [9.17, 15) is 9.59 Å². The average molecular weight is 373 g/mol. The number of ether oxygens (including phenoxy) is 1. The lowest BCUT2D eigenvalue weighted by Crippen LogP contribution is -2.48. The zero-order valence-electron chi connectivity index (χ0n) is 16.7. The maximum Gasteiger partial charge on any atom is 0.251 e. The summed E-state index contributed by atoms with van der Waals surface area (Å²) < 4.78 is 5.29. The lowest BCUT2D eigenvalue weighted by molar-refractivity contribution is -0.144. The molecule has 0 aliphatic carbocycles. The predicted molar refractivity (Wildman–Crippen MR) is 105 cm³/mol. The van der Waals surface area contributed by atoms with Crippen LogP contribution in [0.5, 0.6) is 0 Å². The molecule has 3 rings (SSSR count). The Morgan fingerprint density at radius 1 is 1.22 bits per heavy atom. The van der Waals surface area contributed by atoms with Crippen LogP contribution in [0.1, 0.15) is 44.6 Å². The Morgan fingerprint density at radius 3 is 2.56 bits per heavy atom. The van der Waals surface area contributed by atoms with Crippen LogP contribution in [0.2, 0.25) is 0 Å². The first-order chi connectivity index (χ1) is 13.1. The highest BCUT2D eigenvalue weighted by Gasteiger charge is 2.45. The highest BCUT2D eigenvalue weighted by molar-refractivity contribution is 5.81. The quantitative estimate of drug-likeness (QED) is 0.739. The van der Waals surface area contributed by atoms with Crippen molar-refractivity contribution in [2.75, 3.05) is 33.3 Å². The van der Waals surface area contributed by atoms with Gasteiger partial charge >= 0.3 is 0 Å². The number of benzene rings is 1. The molecule has 2 fully saturated rings. The van der Waals surface area contributed by atoms with Crippen LogP contribution in [0, 0.1) is 5.41 Å². The Bertz CT molecular complexity index is 634. The maximum atomic E-state index is 12.5. The molecule has 0 aromatic heterocycles. The monoisotopic (exact) mass is 372 g/mol. The third-order valence-corrected chi connectivity index (χ3v) is 6.21. The van der Waals surface area contributed by atoms with Crippen LogP contribution in [0.3, 0.4) is 0 Å². The molecule has 2 heterocycles. The molecule has 2 aliphatic heterocycles. The molecule has 1 aromatic rings. The van der Waals surface area contributed by atoms with Gasteiger partial charge in [-0.3, -0.25) is 9.59 Å². The number of amides is 2. The Hall–Kier alpha value is -1.88. The number of piperidine rings is 1. The van der Waals surface area contributed by atoms with Crippen molar-refractivity contribution in [3.8, 4) is 0 Å². The number of likely N-dealkylation sites (tertiary alicyclic amines) is 2. The number of aryl methyl sites for hydroxylation is 1. The molecule has 27 heavy (non-hydrogen) atoms. The van der Waals surface area contributed by atoms with E-state index in [2.05, 4.69) is 24.3 Å². The molecule has 5 heteroatoms. The second-order valence-electron chi connectivity index (χ2n) is 8.04. The molecule has 0 radical (unpaired) electrons. The van der Waals surface area contributed by atoms with Crippen LogP contribution in [-0.2, 0) is 20.7 Å². The van der Waals surface area contributed by atoms with E-state index in [0.717, 1.165) is 51.9 Å². The van der Waals surface area contributed by atoms with Crippen LogP contribution in [0.4, 0.5) is 0 Å². The van der Waals surface area contributed by atoms with Crippen LogP contribution in [0.25, 0.3) is 0 Å². The number of hydrogen-bond donors (Lipinski definition) is 0. The van der Waals surface area contributed by atoms with Gasteiger partial charge in [-0.2, -0.15) is 0 Å². The summed E-state index contributed by atoms with van der Waals surface area (Å²) in [6, 6.07) is 10.4. The SMILES string of the molecule is CC[C@@H](OC)C(=O)N1CCC2(CC1)CC(=O)N(CCCc1ccccc1)C2. The third kappa shape index (κ3) is 4.70. The lowest BCUT2D eigenvalue weighted by atomic mass is 9.77. The molecule has 1 spiro atoms. The van der Waals surface area contributed by atoms with Gasteiger partial charge in [0.2, 0.25) is 5.91 Å². The van der Waals surface area contributed by atoms with Gasteiger partial charge in [0.05, 0.1) is 0 Å². The van der Waals surface area contributed by atoms with Gasteiger partial charge in [0.25, 0.3) is 5.91 Å². The van der Waals surface area contributed by atoms with Gasteiger partial charge in [-0.25, -0.2) is 0 Å². The second-order valence-corrected chi connectivity index (χ2v) is 8.04. The summed E-state index contributed by atoms with van der Waals surface area (Å²) in [6.45, 7) is 5.14. The summed E-state index contributed by atoms with van der Waals surface area (Å²) >= 11 is 0. The van der Waals surface area contributed by atoms with Crippen molar-refractivity contribution >= 4 is 11.8 Å². The average Bonchev–Trinajstić information content (AvgIpc) is 2.99. The van der Waals surface area contributed by atoms with Crippen molar-refractivity contribution in [3.05, 3.63) is 35.9 Å². The molecular formula is C22H32N2O3. The summed E-state index contributed by atoms with van der Waals surface area (Å²) in [7, 11) is 1.60. The number of nitrogens with zero attached hydrogens (tertiary/aromatic N) is 2. The standard InChI is InChI=1S/C22H32N2O3/c1-3-19(27-2)21(26)23-14-11-22(12-15-23)16-20(25)24(17-22)13-7-10-18-8-5-4-6-9-18/h4-6,8-9,19H,3,7,10-17H2,1-2H3/t19-/m1/s1. The highest BCUT2D eigenvalue weighted by atomic mass is 16.5. The zero-order valence-corrected chi connectivity index (χ0v) is 16.7. The van der Waals surface area contributed by atoms with Gasteiger partial charge in [-0.1, -0.05) is 37.3 Å². The van der Waals surface area contributed by atoms with E-state index in [-0.39, 0.29) is 23.3 Å². The first kappa shape index (κ1) is 19.9. The lowest BCUT2D eigenvalue weighted by Gasteiger charge is -2.39. The highest BCUT2D eigenvalue weighted by Crippen LogP contribution is 2.41. The minimum absolute atomic E-state index is 0.0649. The van der Waals surface area contributed by atoms with Crippen LogP contribution in [0.15, 0.2) is 30.3 Å². The first-order valence-electron chi connectivity index (χ1n) is 10.2. The van der Waals surface area contributed by atoms with Gasteiger partial charge in [0.15, 0.2) is 0 Å². The molecular weight excluding hydrogens is 340 g/mol. The Morgan fingerprint density at radius 2 is 1.93 bits per heavy atom. The topological polar surface area (TPSA) is 49.9 Å². The van der Waals surface area contributed by atoms with Crippen molar-refractivity contribution in [2.45, 2.75) is 51.6 Å². The smallest absolute Gasteiger partial charge is 0.251 e. The van der Waals surface area contributed by atoms with E-state index in [1.165, 1.54) is 5.56 Å². The molecule has 2 aliphatic rings. The first-order valence-corrected chi connectivity index (χ1v) is 10.2. The minimum atomic E-state index is -0.334. The van der Waals surface area contributed by atoms with E-state index in [1.54, 1.807) is 7.11 Å². The van der Waals surface area contributed by atoms with Crippen molar-refractivity contribution in [1.82, 2.24) is 9.80 Å². The molecule has 1 aromatic carbocycles. The molecule has 148 valence electrons. The molecule has 0 saturated carbocycles. The molecule has 0 N–H and O–H groups in total. The van der Waals surface area contributed by atoms with Crippen molar-refractivity contribution < 1.29 is 14.3 Å². The fraction of sp³-hybridized carbons (Fsp3) is 0.636. The maximum absolute atomic E-state index is 12.5. The number of hydrogen-bond acceptors (Lipinski definition) is 3. The Labute approximate surface area is 162 Å². The van der Waals surface area contributed by atoms with Gasteiger partial charge in [0.1, 0.15) is 6.10 Å². The van der Waals surface area contributed by atoms with Crippen LogP contribution in [-0.4, -0.2) is 61.0 Å². The molecule has 2 saturated heterocycles. The Kier molecular flexibility index (Phi) is 6.53. The molecule has 2 amide bonds. The van der Waals surface area contributed by atoms with Crippen LogP contribution < -0.4 is 0 Å². The van der Waals surface area contributed by atoms with E-state index in [4.69, 9.17) is 4.74 Å². The van der Waals surface area contributed by atoms with Crippen LogP contribution >= 0.6 is 0 Å². The van der Waals surface area contributed by atoms with E-state index in [0.29, 0.717) is 12.8 Å². The number of methoxy groups -OCH3 is 1. The number of carbonyl (C=O) groups excluding carboxylic acids is 2. The molecule has 5 nitrogen and oxygen atoms in total. The van der Waals surface area contributed by atoms with Gasteiger partial charge in [0, 0.05) is 45.1 Å². The fourth-order valence-corrected chi connectivity index (χ4v) is 4.49. The summed E-state index contributed by atoms with van der Waals surface area (Å²) in [5, 5.41) is 0. The summed E-state index contributed by atoms with van der Waals surface area (Å²) in [4.78, 5) is 29.0. The second kappa shape index (κ2) is 8.87. The van der Waals surface area contributed by atoms with Crippen molar-refractivity contribution in [2.24, 2.45) is 5.41 Å². The third-order valence-electron chi connectivity index (χ3n) is 6.21. The zero-order chi connectivity index (χ0) is 19.3. The molecule has 0 bridgehead atoms. The van der Waals surface area contributed by atoms with Crippen molar-refractivity contribution in [3.63, 3.8) is 0 Å². The summed E-state index contributed by atoms with van der Waals surface area (Å²) in [6.07, 6.45) is 4.85. The number of rotatable bonds is 7. The van der Waals surface area contributed by atoms with Gasteiger partial charge < -0.3 is 14.5 Å². The van der Waals surface area contributed by atoms with Gasteiger partial charge in [-0.05, 0) is 37.7 Å². The minimum Gasteiger partial charge on any atom is -0.372 e. The largest absolute Gasteiger partial charge is 0.372 e. The summed E-state index contributed by atoms with van der Waals surface area (Å²) in [5.41, 5.74) is 1.39. The van der Waals surface area contributed by atoms with E-state index < -0.39 is 0 Å². The normalized spacial score (nSPS) is 20.3. The Balaban J connectivity index is 1.48. The van der Waals surface area contributed by atoms with Crippen molar-refractivity contribution in [1.29, 1.82) is 0 Å². The summed E-state index contributed by atoms with van der Waals surface area (Å²) in [5.74, 6) is 0.380. The van der Waals surface area contributed by atoms with Gasteiger partial charge in [-0.15, -0.1) is 0 Å². The van der Waals surface area contributed by atoms with E-state index in [1.807, 2.05) is 22.8 Å². The van der Waals surface area contributed by atoms with E-state index >= 15 is 0 Å². The molecule has 1 atom stereocenters.